The Bertz CT molecular complexity index is 1220. The Balaban J connectivity index is 1.94. The van der Waals surface area contributed by atoms with E-state index < -0.39 is 28.5 Å². The molecule has 1 unspecified atom stereocenters. The van der Waals surface area contributed by atoms with E-state index in [1.807, 2.05) is 37.3 Å². The molecule has 2 amide bonds. The van der Waals surface area contributed by atoms with Crippen LogP contribution in [0.2, 0.25) is 0 Å². The zero-order valence-electron chi connectivity index (χ0n) is 20.7. The smallest absolute Gasteiger partial charge is 0.264 e. The van der Waals surface area contributed by atoms with Crippen LogP contribution in [-0.4, -0.2) is 44.3 Å². The lowest BCUT2D eigenvalue weighted by atomic mass is 10.1. The average Bonchev–Trinajstić information content (AvgIpc) is 2.91. The van der Waals surface area contributed by atoms with Crippen LogP contribution in [0.1, 0.15) is 32.3 Å². The fourth-order valence-corrected chi connectivity index (χ4v) is 5.18. The normalized spacial score (nSPS) is 11.9. The first-order valence-corrected chi connectivity index (χ1v) is 13.5. The van der Waals surface area contributed by atoms with Gasteiger partial charge in [-0.25, -0.2) is 8.42 Å². The molecule has 1 atom stereocenters. The van der Waals surface area contributed by atoms with E-state index in [2.05, 4.69) is 5.32 Å². The maximum Gasteiger partial charge on any atom is 0.264 e. The summed E-state index contributed by atoms with van der Waals surface area (Å²) >= 11 is 0. The van der Waals surface area contributed by atoms with E-state index >= 15 is 0 Å². The number of amides is 2. The molecule has 0 saturated heterocycles. The molecular weight excluding hydrogens is 474 g/mol. The molecule has 8 heteroatoms. The number of hydrogen-bond donors (Lipinski definition) is 1. The highest BCUT2D eigenvalue weighted by atomic mass is 32.2. The highest BCUT2D eigenvalue weighted by Gasteiger charge is 2.32. The molecule has 0 spiro atoms. The van der Waals surface area contributed by atoms with E-state index in [1.54, 1.807) is 55.5 Å². The van der Waals surface area contributed by atoms with Crippen molar-refractivity contribution in [2.45, 2.75) is 44.2 Å². The summed E-state index contributed by atoms with van der Waals surface area (Å²) in [6, 6.07) is 25.1. The lowest BCUT2D eigenvalue weighted by Gasteiger charge is -2.32. The molecule has 36 heavy (non-hydrogen) atoms. The molecule has 3 aromatic rings. The van der Waals surface area contributed by atoms with Gasteiger partial charge in [0, 0.05) is 13.1 Å². The van der Waals surface area contributed by atoms with Gasteiger partial charge >= 0.3 is 0 Å². The molecule has 0 aliphatic rings. The van der Waals surface area contributed by atoms with Crippen molar-refractivity contribution in [1.29, 1.82) is 0 Å². The first-order chi connectivity index (χ1) is 17.3. The van der Waals surface area contributed by atoms with E-state index in [0.717, 1.165) is 22.7 Å². The van der Waals surface area contributed by atoms with Crippen LogP contribution in [0.3, 0.4) is 0 Å². The van der Waals surface area contributed by atoms with E-state index in [-0.39, 0.29) is 17.3 Å². The summed E-state index contributed by atoms with van der Waals surface area (Å²) in [5, 5.41) is 2.88. The maximum atomic E-state index is 13.7. The molecule has 0 bridgehead atoms. The zero-order valence-corrected chi connectivity index (χ0v) is 21.5. The molecular formula is C28H33N3O4S. The molecule has 7 nitrogen and oxygen atoms in total. The van der Waals surface area contributed by atoms with Gasteiger partial charge in [-0.3, -0.25) is 13.9 Å². The van der Waals surface area contributed by atoms with Crippen LogP contribution in [-0.2, 0) is 26.2 Å². The Morgan fingerprint density at radius 2 is 1.42 bits per heavy atom. The van der Waals surface area contributed by atoms with Gasteiger partial charge in [0.1, 0.15) is 12.6 Å². The van der Waals surface area contributed by atoms with Crippen molar-refractivity contribution in [2.75, 3.05) is 17.4 Å². The van der Waals surface area contributed by atoms with Crippen molar-refractivity contribution in [2.24, 2.45) is 0 Å². The number of hydrogen-bond acceptors (Lipinski definition) is 4. The fourth-order valence-electron chi connectivity index (χ4n) is 3.74. The summed E-state index contributed by atoms with van der Waals surface area (Å²) in [6.07, 6.45) is 1.77. The van der Waals surface area contributed by atoms with Crippen LogP contribution in [0.15, 0.2) is 95.9 Å². The quantitative estimate of drug-likeness (QED) is 0.372. The van der Waals surface area contributed by atoms with Crippen LogP contribution in [0.4, 0.5) is 5.69 Å². The molecule has 0 fully saturated rings. The zero-order chi connectivity index (χ0) is 26.0. The molecule has 3 aromatic carbocycles. The summed E-state index contributed by atoms with van der Waals surface area (Å²) in [5.74, 6) is -0.745. The van der Waals surface area contributed by atoms with Gasteiger partial charge in [0.25, 0.3) is 10.0 Å². The Morgan fingerprint density at radius 1 is 0.861 bits per heavy atom. The Hall–Kier alpha value is -3.65. The molecule has 1 N–H and O–H groups in total. The van der Waals surface area contributed by atoms with Crippen LogP contribution < -0.4 is 9.62 Å². The van der Waals surface area contributed by atoms with E-state index in [4.69, 9.17) is 0 Å². The maximum absolute atomic E-state index is 13.7. The van der Waals surface area contributed by atoms with Gasteiger partial charge in [0.2, 0.25) is 11.8 Å². The number of anilines is 1. The summed E-state index contributed by atoms with van der Waals surface area (Å²) in [6.45, 7) is 3.95. The second-order valence-electron chi connectivity index (χ2n) is 8.49. The largest absolute Gasteiger partial charge is 0.354 e. The Labute approximate surface area is 213 Å². The number of carbonyl (C=O) groups excluding carboxylic acids is 2. The summed E-state index contributed by atoms with van der Waals surface area (Å²) in [7, 11) is -4.03. The molecule has 0 radical (unpaired) electrons. The minimum absolute atomic E-state index is 0.0848. The predicted molar refractivity (Wildman–Crippen MR) is 142 cm³/mol. The van der Waals surface area contributed by atoms with Gasteiger partial charge in [0.15, 0.2) is 0 Å². The predicted octanol–water partition coefficient (Wildman–Crippen LogP) is 4.22. The molecule has 0 saturated carbocycles. The van der Waals surface area contributed by atoms with Crippen molar-refractivity contribution in [3.8, 4) is 0 Å². The van der Waals surface area contributed by atoms with Crippen molar-refractivity contribution >= 4 is 27.5 Å². The van der Waals surface area contributed by atoms with Gasteiger partial charge in [-0.2, -0.15) is 0 Å². The summed E-state index contributed by atoms with van der Waals surface area (Å²) < 4.78 is 28.3. The van der Waals surface area contributed by atoms with Crippen molar-refractivity contribution < 1.29 is 18.0 Å². The van der Waals surface area contributed by atoms with Crippen molar-refractivity contribution in [1.82, 2.24) is 10.2 Å². The minimum Gasteiger partial charge on any atom is -0.354 e. The van der Waals surface area contributed by atoms with Crippen molar-refractivity contribution in [3.63, 3.8) is 0 Å². The van der Waals surface area contributed by atoms with Crippen molar-refractivity contribution in [3.05, 3.63) is 96.6 Å². The number of sulfonamides is 1. The van der Waals surface area contributed by atoms with E-state index in [9.17, 15) is 18.0 Å². The second-order valence-corrected chi connectivity index (χ2v) is 10.4. The van der Waals surface area contributed by atoms with Crippen LogP contribution in [0.25, 0.3) is 0 Å². The number of nitrogens with zero attached hydrogens (tertiary/aromatic N) is 2. The monoisotopic (exact) mass is 507 g/mol. The number of unbranched alkanes of at least 4 members (excludes halogenated alkanes) is 1. The van der Waals surface area contributed by atoms with E-state index in [0.29, 0.717) is 12.2 Å². The third-order valence-corrected chi connectivity index (χ3v) is 7.63. The van der Waals surface area contributed by atoms with Crippen LogP contribution in [0, 0.1) is 0 Å². The van der Waals surface area contributed by atoms with Gasteiger partial charge < -0.3 is 10.2 Å². The number of rotatable bonds is 12. The molecule has 0 aliphatic carbocycles. The highest BCUT2D eigenvalue weighted by molar-refractivity contribution is 7.92. The first-order valence-electron chi connectivity index (χ1n) is 12.1. The van der Waals surface area contributed by atoms with Gasteiger partial charge in [0.05, 0.1) is 10.6 Å². The van der Waals surface area contributed by atoms with E-state index in [1.165, 1.54) is 17.0 Å². The molecule has 190 valence electrons. The lowest BCUT2D eigenvalue weighted by Crippen LogP contribution is -2.51. The number of carbonyl (C=O) groups is 2. The number of para-hydroxylation sites is 1. The fraction of sp³-hybridized carbons (Fsp3) is 0.286. The SMILES string of the molecule is CCCCNC(=O)C(C)N(Cc1ccccc1)C(=O)CN(c1ccccc1)S(=O)(=O)c1ccccc1. The number of nitrogens with one attached hydrogen (secondary N) is 1. The van der Waals surface area contributed by atoms with Crippen LogP contribution >= 0.6 is 0 Å². The topological polar surface area (TPSA) is 86.8 Å². The molecule has 0 aliphatic heterocycles. The summed E-state index contributed by atoms with van der Waals surface area (Å²) in [5.41, 5.74) is 1.21. The average molecular weight is 508 g/mol. The third kappa shape index (κ3) is 6.95. The third-order valence-electron chi connectivity index (χ3n) is 5.85. The van der Waals surface area contributed by atoms with Gasteiger partial charge in [-0.1, -0.05) is 80.1 Å². The highest BCUT2D eigenvalue weighted by Crippen LogP contribution is 2.24. The second kappa shape index (κ2) is 12.9. The standard InChI is InChI=1S/C28H33N3O4S/c1-3-4-20-29-28(33)23(2)30(21-24-14-8-5-9-15-24)27(32)22-31(25-16-10-6-11-17-25)36(34,35)26-18-12-7-13-19-26/h5-19,23H,3-4,20-22H2,1-2H3,(H,29,33). The van der Waals surface area contributed by atoms with Gasteiger partial charge in [-0.05, 0) is 43.2 Å². The number of benzene rings is 3. The van der Waals surface area contributed by atoms with Gasteiger partial charge in [-0.15, -0.1) is 0 Å². The molecule has 3 rings (SSSR count). The lowest BCUT2D eigenvalue weighted by molar-refractivity contribution is -0.139. The molecule has 0 aromatic heterocycles. The Kier molecular flexibility index (Phi) is 9.64. The molecule has 0 heterocycles. The first kappa shape index (κ1) is 26.9. The Morgan fingerprint density at radius 3 is 2.00 bits per heavy atom. The van der Waals surface area contributed by atoms with Crippen LogP contribution in [0.5, 0.6) is 0 Å². The minimum atomic E-state index is -4.03. The summed E-state index contributed by atoms with van der Waals surface area (Å²) in [4.78, 5) is 28.1.